The Morgan fingerprint density at radius 3 is 2.54 bits per heavy atom. The lowest BCUT2D eigenvalue weighted by atomic mass is 10.1. The van der Waals surface area contributed by atoms with Crippen molar-refractivity contribution in [2.24, 2.45) is 0 Å². The molecular weight excluding hydrogens is 391 g/mol. The summed E-state index contributed by atoms with van der Waals surface area (Å²) in [5, 5.41) is 6.46. The van der Waals surface area contributed by atoms with E-state index in [1.807, 2.05) is 43.3 Å². The van der Waals surface area contributed by atoms with Gasteiger partial charge in [-0.25, -0.2) is 0 Å². The zero-order valence-electron chi connectivity index (χ0n) is 13.7. The molecule has 2 N–H and O–H groups in total. The standard InChI is InChI=1S/C19H14Cl2N2O2S/c1-11-5-8-17(25-11)12-3-2-4-14(9-12)22-19(26)23-18(24)13-6-7-15(20)16(21)10-13/h2-10H,1H3,(H2,22,23,24,26). The summed E-state index contributed by atoms with van der Waals surface area (Å²) in [5.74, 6) is 1.22. The molecule has 0 spiro atoms. The number of hydrogen-bond donors (Lipinski definition) is 2. The van der Waals surface area contributed by atoms with Crippen LogP contribution in [-0.4, -0.2) is 11.0 Å². The van der Waals surface area contributed by atoms with E-state index in [0.717, 1.165) is 22.8 Å². The van der Waals surface area contributed by atoms with Gasteiger partial charge in [-0.3, -0.25) is 10.1 Å². The molecule has 2 aromatic carbocycles. The van der Waals surface area contributed by atoms with E-state index in [1.54, 1.807) is 12.1 Å². The first-order valence-electron chi connectivity index (χ1n) is 7.66. The van der Waals surface area contributed by atoms with Crippen LogP contribution in [0.5, 0.6) is 0 Å². The number of carbonyl (C=O) groups is 1. The van der Waals surface area contributed by atoms with Crippen molar-refractivity contribution in [1.29, 1.82) is 0 Å². The minimum absolute atomic E-state index is 0.175. The number of carbonyl (C=O) groups excluding carboxylic acids is 1. The summed E-state index contributed by atoms with van der Waals surface area (Å²) in [7, 11) is 0. The molecule has 0 saturated carbocycles. The van der Waals surface area contributed by atoms with Gasteiger partial charge in [0.1, 0.15) is 11.5 Å². The molecule has 3 rings (SSSR count). The summed E-state index contributed by atoms with van der Waals surface area (Å²) >= 11 is 17.0. The lowest BCUT2D eigenvalue weighted by molar-refractivity contribution is 0.0977. The number of benzene rings is 2. The first kappa shape index (κ1) is 18.5. The highest BCUT2D eigenvalue weighted by Gasteiger charge is 2.10. The number of anilines is 1. The van der Waals surface area contributed by atoms with Crippen LogP contribution in [0, 0.1) is 6.92 Å². The average molecular weight is 405 g/mol. The fourth-order valence-electron chi connectivity index (χ4n) is 2.31. The third kappa shape index (κ3) is 4.43. The second-order valence-electron chi connectivity index (χ2n) is 5.53. The summed E-state index contributed by atoms with van der Waals surface area (Å²) < 4.78 is 5.62. The zero-order valence-corrected chi connectivity index (χ0v) is 16.0. The molecule has 4 nitrogen and oxygen atoms in total. The Balaban J connectivity index is 1.68. The molecule has 26 heavy (non-hydrogen) atoms. The van der Waals surface area contributed by atoms with E-state index in [4.69, 9.17) is 39.8 Å². The summed E-state index contributed by atoms with van der Waals surface area (Å²) in [5.41, 5.74) is 2.00. The molecular formula is C19H14Cl2N2O2S. The van der Waals surface area contributed by atoms with Gasteiger partial charge in [-0.15, -0.1) is 0 Å². The Kier molecular flexibility index (Phi) is 5.61. The minimum Gasteiger partial charge on any atom is -0.461 e. The van der Waals surface area contributed by atoms with Gasteiger partial charge < -0.3 is 9.73 Å². The Labute approximate surface area is 166 Å². The topological polar surface area (TPSA) is 54.3 Å². The Morgan fingerprint density at radius 1 is 1.04 bits per heavy atom. The largest absolute Gasteiger partial charge is 0.461 e. The molecule has 0 aliphatic rings. The van der Waals surface area contributed by atoms with Gasteiger partial charge in [0, 0.05) is 16.8 Å². The average Bonchev–Trinajstić information content (AvgIpc) is 3.04. The molecule has 1 amide bonds. The van der Waals surface area contributed by atoms with E-state index in [-0.39, 0.29) is 11.0 Å². The first-order valence-corrected chi connectivity index (χ1v) is 8.83. The van der Waals surface area contributed by atoms with E-state index in [9.17, 15) is 4.79 Å². The predicted octanol–water partition coefficient (Wildman–Crippen LogP) is 5.69. The number of amides is 1. The van der Waals surface area contributed by atoms with E-state index in [2.05, 4.69) is 10.6 Å². The highest BCUT2D eigenvalue weighted by molar-refractivity contribution is 7.80. The maximum absolute atomic E-state index is 12.2. The van der Waals surface area contributed by atoms with Gasteiger partial charge in [0.15, 0.2) is 5.11 Å². The summed E-state index contributed by atoms with van der Waals surface area (Å²) in [6, 6.07) is 16.0. The lowest BCUT2D eigenvalue weighted by Crippen LogP contribution is -2.34. The third-order valence-electron chi connectivity index (χ3n) is 3.55. The molecule has 0 radical (unpaired) electrons. The molecule has 0 bridgehead atoms. The molecule has 0 fully saturated rings. The second-order valence-corrected chi connectivity index (χ2v) is 6.75. The highest BCUT2D eigenvalue weighted by atomic mass is 35.5. The summed E-state index contributed by atoms with van der Waals surface area (Å²) in [6.07, 6.45) is 0. The van der Waals surface area contributed by atoms with Crippen LogP contribution in [-0.2, 0) is 0 Å². The van der Waals surface area contributed by atoms with Crippen LogP contribution in [0.15, 0.2) is 59.0 Å². The number of nitrogens with one attached hydrogen (secondary N) is 2. The van der Waals surface area contributed by atoms with E-state index in [1.165, 1.54) is 6.07 Å². The Bertz CT molecular complexity index is 985. The Hall–Kier alpha value is -2.34. The molecule has 0 unspecified atom stereocenters. The number of aryl methyl sites for hydroxylation is 1. The van der Waals surface area contributed by atoms with Crippen LogP contribution in [0.25, 0.3) is 11.3 Å². The van der Waals surface area contributed by atoms with Crippen LogP contribution in [0.4, 0.5) is 5.69 Å². The van der Waals surface area contributed by atoms with E-state index >= 15 is 0 Å². The number of hydrogen-bond acceptors (Lipinski definition) is 3. The summed E-state index contributed by atoms with van der Waals surface area (Å²) in [6.45, 7) is 1.89. The smallest absolute Gasteiger partial charge is 0.257 e. The molecule has 3 aromatic rings. The maximum Gasteiger partial charge on any atom is 0.257 e. The van der Waals surface area contributed by atoms with Crippen molar-refractivity contribution in [3.63, 3.8) is 0 Å². The van der Waals surface area contributed by atoms with Gasteiger partial charge >= 0.3 is 0 Å². The predicted molar refractivity (Wildman–Crippen MR) is 109 cm³/mol. The van der Waals surface area contributed by atoms with Crippen LogP contribution in [0.3, 0.4) is 0 Å². The molecule has 7 heteroatoms. The number of halogens is 2. The zero-order chi connectivity index (χ0) is 18.7. The van der Waals surface area contributed by atoms with Gasteiger partial charge in [-0.2, -0.15) is 0 Å². The van der Waals surface area contributed by atoms with Gasteiger partial charge in [0.05, 0.1) is 10.0 Å². The van der Waals surface area contributed by atoms with Gasteiger partial charge in [0.2, 0.25) is 0 Å². The van der Waals surface area contributed by atoms with Crippen molar-refractivity contribution in [1.82, 2.24) is 5.32 Å². The van der Waals surface area contributed by atoms with Crippen molar-refractivity contribution < 1.29 is 9.21 Å². The van der Waals surface area contributed by atoms with Crippen molar-refractivity contribution >= 4 is 52.1 Å². The summed E-state index contributed by atoms with van der Waals surface area (Å²) in [4.78, 5) is 12.2. The normalized spacial score (nSPS) is 10.4. The van der Waals surface area contributed by atoms with E-state index in [0.29, 0.717) is 15.6 Å². The van der Waals surface area contributed by atoms with Crippen molar-refractivity contribution in [2.75, 3.05) is 5.32 Å². The van der Waals surface area contributed by atoms with Crippen molar-refractivity contribution in [3.8, 4) is 11.3 Å². The minimum atomic E-state index is -0.376. The third-order valence-corrected chi connectivity index (χ3v) is 4.50. The van der Waals surface area contributed by atoms with Crippen molar-refractivity contribution in [2.45, 2.75) is 6.92 Å². The van der Waals surface area contributed by atoms with Crippen molar-refractivity contribution in [3.05, 3.63) is 76.0 Å². The Morgan fingerprint density at radius 2 is 1.85 bits per heavy atom. The van der Waals surface area contributed by atoms with Crippen LogP contribution in [0.2, 0.25) is 10.0 Å². The molecule has 1 heterocycles. The maximum atomic E-state index is 12.2. The molecule has 0 aliphatic carbocycles. The SMILES string of the molecule is Cc1ccc(-c2cccc(NC(=S)NC(=O)c3ccc(Cl)c(Cl)c3)c2)o1. The lowest BCUT2D eigenvalue weighted by Gasteiger charge is -2.11. The second kappa shape index (κ2) is 7.91. The molecule has 0 saturated heterocycles. The fourth-order valence-corrected chi connectivity index (χ4v) is 2.82. The number of furan rings is 1. The van der Waals surface area contributed by atoms with Crippen LogP contribution < -0.4 is 10.6 Å². The number of thiocarbonyl (C=S) groups is 1. The monoisotopic (exact) mass is 404 g/mol. The molecule has 132 valence electrons. The molecule has 0 atom stereocenters. The fraction of sp³-hybridized carbons (Fsp3) is 0.0526. The van der Waals surface area contributed by atoms with E-state index < -0.39 is 0 Å². The molecule has 0 aliphatic heterocycles. The molecule has 1 aromatic heterocycles. The van der Waals surface area contributed by atoms with Gasteiger partial charge in [-0.1, -0.05) is 35.3 Å². The van der Waals surface area contributed by atoms with Crippen LogP contribution in [0.1, 0.15) is 16.1 Å². The van der Waals surface area contributed by atoms with Crippen LogP contribution >= 0.6 is 35.4 Å². The number of rotatable bonds is 3. The first-order chi connectivity index (χ1) is 12.4. The quantitative estimate of drug-likeness (QED) is 0.550. The van der Waals surface area contributed by atoms with Gasteiger partial charge in [0.25, 0.3) is 5.91 Å². The van der Waals surface area contributed by atoms with Gasteiger partial charge in [-0.05, 0) is 61.6 Å². The highest BCUT2D eigenvalue weighted by Crippen LogP contribution is 2.25.